The highest BCUT2D eigenvalue weighted by Gasteiger charge is 2.16. The number of nitrogens with one attached hydrogen (secondary N) is 1. The number of nitrogens with zero attached hydrogens (tertiary/aromatic N) is 3. The fourth-order valence-corrected chi connectivity index (χ4v) is 3.47. The summed E-state index contributed by atoms with van der Waals surface area (Å²) >= 11 is 0. The summed E-state index contributed by atoms with van der Waals surface area (Å²) < 4.78 is 20.4. The van der Waals surface area contributed by atoms with Gasteiger partial charge < -0.3 is 15.8 Å². The number of aryl methyl sites for hydroxylation is 1. The van der Waals surface area contributed by atoms with E-state index in [1.807, 2.05) is 24.3 Å². The van der Waals surface area contributed by atoms with Crippen LogP contribution < -0.4 is 15.8 Å². The summed E-state index contributed by atoms with van der Waals surface area (Å²) in [5.74, 6) is 0.693. The molecule has 33 heavy (non-hydrogen) atoms. The van der Waals surface area contributed by atoms with Gasteiger partial charge in [-0.15, -0.1) is 0 Å². The Morgan fingerprint density at radius 1 is 1.27 bits per heavy atom. The van der Waals surface area contributed by atoms with Crippen LogP contribution in [0.25, 0.3) is 5.69 Å². The molecule has 0 aliphatic heterocycles. The number of aromatic nitrogens is 2. The molecule has 1 amide bonds. The molecule has 0 spiro atoms. The number of hydrogen-bond acceptors (Lipinski definition) is 5. The van der Waals surface area contributed by atoms with Crippen LogP contribution in [-0.4, -0.2) is 28.8 Å². The topological polar surface area (TPSA) is 106 Å². The number of hydrogen-bond donors (Lipinski definition) is 2. The van der Waals surface area contributed by atoms with Crippen molar-refractivity contribution in [2.45, 2.75) is 39.0 Å². The largest absolute Gasteiger partial charge is 0.483 e. The number of ether oxygens (including phenoxy) is 1. The van der Waals surface area contributed by atoms with Crippen LogP contribution in [-0.2, 0) is 11.2 Å². The first-order valence-electron chi connectivity index (χ1n) is 11.0. The first kappa shape index (κ1) is 23.8. The maximum absolute atomic E-state index is 13.2. The summed E-state index contributed by atoms with van der Waals surface area (Å²) in [6, 6.07) is 15.5. The SMILES string of the molecule is CCC(C)c1ccccc1OCC(=O)NCCCc1nn(-c2ccc(F)cc2)c(N)c1C#N. The normalized spacial score (nSPS) is 11.6. The Hall–Kier alpha value is -3.86. The molecular weight excluding hydrogens is 421 g/mol. The van der Waals surface area contributed by atoms with Crippen molar-refractivity contribution in [1.29, 1.82) is 5.26 Å². The third-order valence-corrected chi connectivity index (χ3v) is 5.51. The van der Waals surface area contributed by atoms with Gasteiger partial charge in [-0.3, -0.25) is 4.79 Å². The summed E-state index contributed by atoms with van der Waals surface area (Å²) in [4.78, 5) is 12.2. The number of halogens is 1. The molecule has 7 nitrogen and oxygen atoms in total. The van der Waals surface area contributed by atoms with Gasteiger partial charge in [0.15, 0.2) is 6.61 Å². The number of rotatable bonds is 10. The standard InChI is InChI=1S/C25H28FN5O2/c1-3-17(2)20-7-4-5-9-23(20)33-16-24(32)29-14-6-8-22-21(15-27)25(28)31(30-22)19-12-10-18(26)11-13-19/h4-5,7,9-13,17H,3,6,8,14,16,28H2,1-2H3,(H,29,32). The zero-order chi connectivity index (χ0) is 23.8. The van der Waals surface area contributed by atoms with Gasteiger partial charge in [0.25, 0.3) is 5.91 Å². The van der Waals surface area contributed by atoms with E-state index >= 15 is 0 Å². The van der Waals surface area contributed by atoms with Crippen LogP contribution in [0.1, 0.15) is 49.4 Å². The molecule has 0 radical (unpaired) electrons. The fourth-order valence-electron chi connectivity index (χ4n) is 3.47. The molecule has 0 saturated heterocycles. The van der Waals surface area contributed by atoms with Gasteiger partial charge in [0.1, 0.15) is 29.0 Å². The summed E-state index contributed by atoms with van der Waals surface area (Å²) in [6.07, 6.45) is 2.02. The minimum Gasteiger partial charge on any atom is -0.483 e. The molecule has 3 rings (SSSR count). The molecular formula is C25H28FN5O2. The fraction of sp³-hybridized carbons (Fsp3) is 0.320. The van der Waals surface area contributed by atoms with Gasteiger partial charge in [0, 0.05) is 6.54 Å². The monoisotopic (exact) mass is 449 g/mol. The number of nitrogen functional groups attached to an aromatic ring is 1. The van der Waals surface area contributed by atoms with E-state index in [1.165, 1.54) is 16.8 Å². The Bertz CT molecular complexity index is 1130. The Morgan fingerprint density at radius 2 is 2.00 bits per heavy atom. The number of amides is 1. The number of carbonyl (C=O) groups is 1. The molecule has 1 heterocycles. The number of anilines is 1. The van der Waals surface area contributed by atoms with E-state index in [2.05, 4.69) is 30.3 Å². The number of benzene rings is 2. The number of carbonyl (C=O) groups excluding carboxylic acids is 1. The highest BCUT2D eigenvalue weighted by molar-refractivity contribution is 5.77. The van der Waals surface area contributed by atoms with Crippen molar-refractivity contribution < 1.29 is 13.9 Å². The maximum atomic E-state index is 13.2. The molecule has 172 valence electrons. The highest BCUT2D eigenvalue weighted by Crippen LogP contribution is 2.28. The minimum atomic E-state index is -0.367. The first-order chi connectivity index (χ1) is 15.9. The second-order valence-electron chi connectivity index (χ2n) is 7.80. The zero-order valence-corrected chi connectivity index (χ0v) is 18.8. The third-order valence-electron chi connectivity index (χ3n) is 5.51. The van der Waals surface area contributed by atoms with Crippen molar-refractivity contribution in [2.24, 2.45) is 0 Å². The second kappa shape index (κ2) is 11.1. The Kier molecular flexibility index (Phi) is 8.03. The van der Waals surface area contributed by atoms with Gasteiger partial charge in [-0.1, -0.05) is 32.0 Å². The summed E-state index contributed by atoms with van der Waals surface area (Å²) in [6.45, 7) is 4.58. The van der Waals surface area contributed by atoms with E-state index in [4.69, 9.17) is 10.5 Å². The second-order valence-corrected chi connectivity index (χ2v) is 7.80. The van der Waals surface area contributed by atoms with Crippen LogP contribution in [0.15, 0.2) is 48.5 Å². The maximum Gasteiger partial charge on any atom is 0.257 e. The van der Waals surface area contributed by atoms with Crippen molar-refractivity contribution in [1.82, 2.24) is 15.1 Å². The molecule has 0 saturated carbocycles. The van der Waals surface area contributed by atoms with Crippen LogP contribution in [0.4, 0.5) is 10.2 Å². The molecule has 0 fully saturated rings. The molecule has 2 aromatic carbocycles. The molecule has 8 heteroatoms. The highest BCUT2D eigenvalue weighted by atomic mass is 19.1. The molecule has 1 aromatic heterocycles. The molecule has 0 aliphatic rings. The van der Waals surface area contributed by atoms with Crippen molar-refractivity contribution in [3.05, 3.63) is 71.2 Å². The van der Waals surface area contributed by atoms with Crippen molar-refractivity contribution in [2.75, 3.05) is 18.9 Å². The Labute approximate surface area is 193 Å². The summed E-state index contributed by atoms with van der Waals surface area (Å²) in [5.41, 5.74) is 8.55. The van der Waals surface area contributed by atoms with Crippen LogP contribution in [0.2, 0.25) is 0 Å². The lowest BCUT2D eigenvalue weighted by Gasteiger charge is -2.15. The van der Waals surface area contributed by atoms with E-state index in [9.17, 15) is 14.4 Å². The van der Waals surface area contributed by atoms with E-state index < -0.39 is 0 Å². The van der Waals surface area contributed by atoms with Gasteiger partial charge in [-0.2, -0.15) is 10.4 Å². The molecule has 0 bridgehead atoms. The summed E-state index contributed by atoms with van der Waals surface area (Å²) in [5, 5.41) is 16.7. The quantitative estimate of drug-likeness (QED) is 0.453. The average molecular weight is 450 g/mol. The molecule has 3 aromatic rings. The van der Waals surface area contributed by atoms with Gasteiger partial charge in [0.2, 0.25) is 0 Å². The first-order valence-corrected chi connectivity index (χ1v) is 11.0. The smallest absolute Gasteiger partial charge is 0.257 e. The minimum absolute atomic E-state index is 0.0664. The van der Waals surface area contributed by atoms with E-state index in [0.717, 1.165) is 17.7 Å². The average Bonchev–Trinajstić information content (AvgIpc) is 3.15. The zero-order valence-electron chi connectivity index (χ0n) is 18.8. The Balaban J connectivity index is 1.52. The predicted octanol–water partition coefficient (Wildman–Crippen LogP) is 4.11. The van der Waals surface area contributed by atoms with Crippen LogP contribution in [0.5, 0.6) is 5.75 Å². The van der Waals surface area contributed by atoms with Crippen LogP contribution >= 0.6 is 0 Å². The molecule has 0 aliphatic carbocycles. The van der Waals surface area contributed by atoms with Crippen molar-refractivity contribution in [3.8, 4) is 17.5 Å². The van der Waals surface area contributed by atoms with Crippen molar-refractivity contribution in [3.63, 3.8) is 0 Å². The van der Waals surface area contributed by atoms with Gasteiger partial charge in [-0.05, 0) is 61.1 Å². The number of nitrogens with two attached hydrogens (primary N) is 1. The molecule has 1 unspecified atom stereocenters. The van der Waals surface area contributed by atoms with Crippen LogP contribution in [0.3, 0.4) is 0 Å². The lowest BCUT2D eigenvalue weighted by atomic mass is 9.98. The lowest BCUT2D eigenvalue weighted by molar-refractivity contribution is -0.123. The molecule has 3 N–H and O–H groups in total. The lowest BCUT2D eigenvalue weighted by Crippen LogP contribution is -2.30. The van der Waals surface area contributed by atoms with Crippen molar-refractivity contribution >= 4 is 11.7 Å². The van der Waals surface area contributed by atoms with E-state index in [0.29, 0.717) is 36.7 Å². The van der Waals surface area contributed by atoms with Crippen LogP contribution in [0, 0.1) is 17.1 Å². The third kappa shape index (κ3) is 5.89. The Morgan fingerprint density at radius 3 is 2.70 bits per heavy atom. The van der Waals surface area contributed by atoms with Gasteiger partial charge in [-0.25, -0.2) is 9.07 Å². The van der Waals surface area contributed by atoms with E-state index in [1.54, 1.807) is 12.1 Å². The van der Waals surface area contributed by atoms with Gasteiger partial charge in [0.05, 0.1) is 11.4 Å². The molecule has 1 atom stereocenters. The number of para-hydroxylation sites is 1. The van der Waals surface area contributed by atoms with E-state index in [-0.39, 0.29) is 29.7 Å². The predicted molar refractivity (Wildman–Crippen MR) is 125 cm³/mol. The summed E-state index contributed by atoms with van der Waals surface area (Å²) in [7, 11) is 0. The van der Waals surface area contributed by atoms with Gasteiger partial charge >= 0.3 is 0 Å². The number of nitriles is 1.